The Morgan fingerprint density at radius 1 is 1.12 bits per heavy atom. The molecule has 3 rings (SSSR count). The number of fused-ring (bicyclic) bond motifs is 1. The number of ether oxygens (including phenoxy) is 1. The topological polar surface area (TPSA) is 52.0 Å². The lowest BCUT2D eigenvalue weighted by atomic mass is 10.3. The first-order chi connectivity index (χ1) is 11.9. The van der Waals surface area contributed by atoms with Gasteiger partial charge in [-0.2, -0.15) is 9.97 Å². The Morgan fingerprint density at radius 3 is 2.60 bits per heavy atom. The minimum Gasteiger partial charge on any atom is -0.361 e. The molecule has 132 valence electrons. The van der Waals surface area contributed by atoms with Gasteiger partial charge in [0, 0.05) is 26.6 Å². The van der Waals surface area contributed by atoms with E-state index in [2.05, 4.69) is 34.9 Å². The number of halogens is 1. The van der Waals surface area contributed by atoms with Crippen molar-refractivity contribution in [3.8, 4) is 0 Å². The van der Waals surface area contributed by atoms with Crippen LogP contribution >= 0.6 is 11.6 Å². The van der Waals surface area contributed by atoms with E-state index >= 15 is 0 Å². The molecule has 0 saturated heterocycles. The number of rotatable bonds is 7. The summed E-state index contributed by atoms with van der Waals surface area (Å²) in [5.41, 5.74) is 1.73. The van der Waals surface area contributed by atoms with Gasteiger partial charge >= 0.3 is 0 Å². The van der Waals surface area contributed by atoms with Gasteiger partial charge in [-0.15, -0.1) is 0 Å². The number of anilines is 2. The number of aromatic nitrogens is 3. The van der Waals surface area contributed by atoms with E-state index in [-0.39, 0.29) is 5.28 Å². The summed E-state index contributed by atoms with van der Waals surface area (Å²) >= 11 is 6.13. The van der Waals surface area contributed by atoms with Gasteiger partial charge in [-0.1, -0.05) is 37.8 Å². The molecule has 5 nitrogen and oxygen atoms in total. The molecule has 0 aliphatic rings. The van der Waals surface area contributed by atoms with E-state index in [1.54, 1.807) is 0 Å². The average molecular weight is 375 g/mol. The molecule has 3 aromatic rings. The number of benzene rings is 1. The van der Waals surface area contributed by atoms with Crippen LogP contribution in [0.25, 0.3) is 11.0 Å². The molecular weight excluding hydrogens is 352 g/mol. The van der Waals surface area contributed by atoms with Crippen LogP contribution in [0.5, 0.6) is 0 Å². The second-order valence-electron chi connectivity index (χ2n) is 7.20. The first kappa shape index (κ1) is 17.9. The summed E-state index contributed by atoms with van der Waals surface area (Å²) in [6, 6.07) is 13.0. The Morgan fingerprint density at radius 2 is 1.88 bits per heavy atom. The zero-order chi connectivity index (χ0) is 17.9. The fraction of sp³-hybridized carbons (Fsp3) is 0.333. The van der Waals surface area contributed by atoms with Crippen molar-refractivity contribution < 1.29 is 4.74 Å². The highest BCUT2D eigenvalue weighted by Crippen LogP contribution is 2.26. The Kier molecular flexibility index (Phi) is 5.41. The molecule has 0 saturated carbocycles. The molecule has 0 aliphatic heterocycles. The fourth-order valence-electron chi connectivity index (χ4n) is 2.44. The van der Waals surface area contributed by atoms with Gasteiger partial charge in [0.15, 0.2) is 0 Å². The molecule has 7 heteroatoms. The number of hydrogen-bond donors (Lipinski definition) is 1. The fourth-order valence-corrected chi connectivity index (χ4v) is 3.36. The quantitative estimate of drug-likeness (QED) is 0.353. The van der Waals surface area contributed by atoms with Crippen LogP contribution in [0, 0.1) is 0 Å². The maximum absolute atomic E-state index is 6.13. The third kappa shape index (κ3) is 4.81. The zero-order valence-electron chi connectivity index (χ0n) is 14.8. The smallest absolute Gasteiger partial charge is 0.226 e. The van der Waals surface area contributed by atoms with Crippen molar-refractivity contribution in [2.75, 3.05) is 11.9 Å². The number of hydrogen-bond acceptors (Lipinski definition) is 4. The molecule has 25 heavy (non-hydrogen) atoms. The lowest BCUT2D eigenvalue weighted by Crippen LogP contribution is -2.22. The van der Waals surface area contributed by atoms with Crippen LogP contribution in [0.2, 0.25) is 31.0 Å². The van der Waals surface area contributed by atoms with E-state index in [4.69, 9.17) is 16.3 Å². The van der Waals surface area contributed by atoms with E-state index < -0.39 is 8.07 Å². The summed E-state index contributed by atoms with van der Waals surface area (Å²) in [5, 5.41) is 4.44. The maximum Gasteiger partial charge on any atom is 0.226 e. The van der Waals surface area contributed by atoms with Gasteiger partial charge in [-0.05, 0) is 35.8 Å². The Balaban J connectivity index is 1.78. The molecule has 1 N–H and O–H groups in total. The summed E-state index contributed by atoms with van der Waals surface area (Å²) in [6.07, 6.45) is 1.96. The van der Waals surface area contributed by atoms with Gasteiger partial charge in [-0.3, -0.25) is 0 Å². The molecule has 2 aromatic heterocycles. The van der Waals surface area contributed by atoms with Gasteiger partial charge < -0.3 is 14.6 Å². The number of nitrogens with zero attached hydrogens (tertiary/aromatic N) is 3. The van der Waals surface area contributed by atoms with Gasteiger partial charge in [0.2, 0.25) is 5.28 Å². The predicted molar refractivity (Wildman–Crippen MR) is 106 cm³/mol. The summed E-state index contributed by atoms with van der Waals surface area (Å²) in [5.74, 6) is 0.696. The summed E-state index contributed by atoms with van der Waals surface area (Å²) < 4.78 is 7.80. The van der Waals surface area contributed by atoms with E-state index in [9.17, 15) is 0 Å². The molecule has 0 amide bonds. The normalized spacial score (nSPS) is 11.8. The molecule has 1 aromatic carbocycles. The van der Waals surface area contributed by atoms with Crippen LogP contribution < -0.4 is 5.32 Å². The lowest BCUT2D eigenvalue weighted by Gasteiger charge is -2.15. The Labute approximate surface area is 154 Å². The predicted octanol–water partition coefficient (Wildman–Crippen LogP) is 5.14. The van der Waals surface area contributed by atoms with Gasteiger partial charge in [-0.25, -0.2) is 0 Å². The van der Waals surface area contributed by atoms with Crippen molar-refractivity contribution in [3.63, 3.8) is 0 Å². The maximum atomic E-state index is 6.13. The van der Waals surface area contributed by atoms with E-state index in [1.165, 1.54) is 0 Å². The standard InChI is InChI=1S/C18H23ClN4OSi/c1-25(2,3)12-11-24-13-23-10-9-15-16(21-18(19)22-17(15)23)20-14-7-5-4-6-8-14/h4-10H,11-13H2,1-3H3,(H,20,21,22). The molecule has 0 radical (unpaired) electrons. The zero-order valence-corrected chi connectivity index (χ0v) is 16.5. The monoisotopic (exact) mass is 374 g/mol. The molecule has 0 spiro atoms. The highest BCUT2D eigenvalue weighted by molar-refractivity contribution is 6.76. The average Bonchev–Trinajstić information content (AvgIpc) is 2.95. The summed E-state index contributed by atoms with van der Waals surface area (Å²) in [4.78, 5) is 8.70. The second-order valence-corrected chi connectivity index (χ2v) is 13.2. The van der Waals surface area contributed by atoms with Crippen molar-refractivity contribution in [3.05, 3.63) is 47.9 Å². The van der Waals surface area contributed by atoms with Crippen LogP contribution in [0.1, 0.15) is 0 Å². The highest BCUT2D eigenvalue weighted by atomic mass is 35.5. The minimum absolute atomic E-state index is 0.216. The largest absolute Gasteiger partial charge is 0.361 e. The Bertz CT molecular complexity index is 845. The molecule has 0 bridgehead atoms. The molecule has 0 aliphatic carbocycles. The van der Waals surface area contributed by atoms with E-state index in [0.29, 0.717) is 12.5 Å². The van der Waals surface area contributed by atoms with Crippen molar-refractivity contribution in [2.45, 2.75) is 32.4 Å². The summed E-state index contributed by atoms with van der Waals surface area (Å²) in [7, 11) is -1.09. The lowest BCUT2D eigenvalue weighted by molar-refractivity contribution is 0.0899. The highest BCUT2D eigenvalue weighted by Gasteiger charge is 2.14. The number of nitrogens with one attached hydrogen (secondary N) is 1. The first-order valence-corrected chi connectivity index (χ1v) is 12.4. The summed E-state index contributed by atoms with van der Waals surface area (Å²) in [6.45, 7) is 8.26. The SMILES string of the molecule is C[Si](C)(C)CCOCn1ccc2c(Nc3ccccc3)nc(Cl)nc21. The van der Waals surface area contributed by atoms with Gasteiger partial charge in [0.1, 0.15) is 18.2 Å². The second kappa shape index (κ2) is 7.55. The van der Waals surface area contributed by atoms with Crippen LogP contribution in [0.4, 0.5) is 11.5 Å². The van der Waals surface area contributed by atoms with E-state index in [0.717, 1.165) is 29.4 Å². The van der Waals surface area contributed by atoms with Crippen molar-refractivity contribution in [1.82, 2.24) is 14.5 Å². The van der Waals surface area contributed by atoms with E-state index in [1.807, 2.05) is 47.2 Å². The molecular formula is C18H23ClN4OSi. The van der Waals surface area contributed by atoms with Crippen LogP contribution in [0.3, 0.4) is 0 Å². The van der Waals surface area contributed by atoms with Crippen LogP contribution in [-0.2, 0) is 11.5 Å². The van der Waals surface area contributed by atoms with Crippen LogP contribution in [-0.4, -0.2) is 29.2 Å². The van der Waals surface area contributed by atoms with Crippen molar-refractivity contribution in [1.29, 1.82) is 0 Å². The van der Waals surface area contributed by atoms with Gasteiger partial charge in [0.05, 0.1) is 5.39 Å². The third-order valence-corrected chi connectivity index (χ3v) is 5.73. The third-order valence-electron chi connectivity index (χ3n) is 3.85. The molecule has 0 unspecified atom stereocenters. The number of para-hydroxylation sites is 1. The van der Waals surface area contributed by atoms with Crippen LogP contribution in [0.15, 0.2) is 42.6 Å². The first-order valence-electron chi connectivity index (χ1n) is 8.35. The molecule has 2 heterocycles. The van der Waals surface area contributed by atoms with Crippen molar-refractivity contribution >= 4 is 42.2 Å². The molecule has 0 fully saturated rings. The molecule has 0 atom stereocenters. The van der Waals surface area contributed by atoms with Gasteiger partial charge in [0.25, 0.3) is 0 Å². The van der Waals surface area contributed by atoms with Crippen molar-refractivity contribution in [2.24, 2.45) is 0 Å². The minimum atomic E-state index is -1.09. The Hall–Kier alpha value is -1.89.